The first-order chi connectivity index (χ1) is 9.67. The molecule has 0 bridgehead atoms. The standard InChI is InChI=1S/C16H22ClNO2/c1-3-7-14(4-2)18-10-15(19)12-20-11-13-8-5-6-9-16(13)17/h1,5-6,8-9,14-15,18-19H,4,7,10-12H2,2H3. The van der Waals surface area contributed by atoms with Crippen LogP contribution in [0.5, 0.6) is 0 Å². The number of halogens is 1. The molecular weight excluding hydrogens is 274 g/mol. The van der Waals surface area contributed by atoms with Crippen LogP contribution in [0.1, 0.15) is 25.3 Å². The fourth-order valence-electron chi connectivity index (χ4n) is 1.79. The van der Waals surface area contributed by atoms with Crippen molar-refractivity contribution in [1.29, 1.82) is 0 Å². The average Bonchev–Trinajstić information content (AvgIpc) is 2.45. The first kappa shape index (κ1) is 17.0. The second-order valence-electron chi connectivity index (χ2n) is 4.68. The predicted molar refractivity (Wildman–Crippen MR) is 82.6 cm³/mol. The molecule has 2 N–H and O–H groups in total. The van der Waals surface area contributed by atoms with Crippen LogP contribution in [0.2, 0.25) is 5.02 Å². The van der Waals surface area contributed by atoms with Gasteiger partial charge in [0.15, 0.2) is 0 Å². The van der Waals surface area contributed by atoms with E-state index in [-0.39, 0.29) is 12.6 Å². The van der Waals surface area contributed by atoms with Gasteiger partial charge in [0.1, 0.15) is 0 Å². The van der Waals surface area contributed by atoms with Gasteiger partial charge in [0.25, 0.3) is 0 Å². The lowest BCUT2D eigenvalue weighted by atomic mass is 10.1. The predicted octanol–water partition coefficient (Wildman–Crippen LogP) is 2.61. The number of rotatable bonds is 9. The molecule has 1 rings (SSSR count). The molecule has 0 aliphatic carbocycles. The maximum Gasteiger partial charge on any atom is 0.0897 e. The van der Waals surface area contributed by atoms with Gasteiger partial charge in [-0.15, -0.1) is 12.3 Å². The molecule has 20 heavy (non-hydrogen) atoms. The maximum absolute atomic E-state index is 9.84. The van der Waals surface area contributed by atoms with E-state index in [4.69, 9.17) is 22.8 Å². The highest BCUT2D eigenvalue weighted by atomic mass is 35.5. The molecule has 0 aliphatic rings. The lowest BCUT2D eigenvalue weighted by Crippen LogP contribution is -2.37. The van der Waals surface area contributed by atoms with Crippen molar-refractivity contribution in [3.63, 3.8) is 0 Å². The van der Waals surface area contributed by atoms with Crippen molar-refractivity contribution >= 4 is 11.6 Å². The minimum absolute atomic E-state index is 0.248. The lowest BCUT2D eigenvalue weighted by Gasteiger charge is -2.17. The van der Waals surface area contributed by atoms with Crippen molar-refractivity contribution in [2.75, 3.05) is 13.2 Å². The van der Waals surface area contributed by atoms with Crippen LogP contribution in [0.25, 0.3) is 0 Å². The van der Waals surface area contributed by atoms with Crippen molar-refractivity contribution in [3.05, 3.63) is 34.9 Å². The Bertz CT molecular complexity index is 431. The van der Waals surface area contributed by atoms with Crippen LogP contribution in [0.4, 0.5) is 0 Å². The Labute approximate surface area is 126 Å². The first-order valence-corrected chi connectivity index (χ1v) is 7.21. The molecule has 0 saturated carbocycles. The summed E-state index contributed by atoms with van der Waals surface area (Å²) < 4.78 is 5.47. The Morgan fingerprint density at radius 2 is 2.20 bits per heavy atom. The average molecular weight is 296 g/mol. The van der Waals surface area contributed by atoms with Crippen LogP contribution in [0, 0.1) is 12.3 Å². The SMILES string of the molecule is C#CCC(CC)NCC(O)COCc1ccccc1Cl. The summed E-state index contributed by atoms with van der Waals surface area (Å²) in [5, 5.41) is 13.7. The van der Waals surface area contributed by atoms with Gasteiger partial charge in [-0.05, 0) is 18.1 Å². The molecule has 1 aromatic rings. The quantitative estimate of drug-likeness (QED) is 0.688. The van der Waals surface area contributed by atoms with Gasteiger partial charge < -0.3 is 15.2 Å². The van der Waals surface area contributed by atoms with E-state index < -0.39 is 6.10 Å². The van der Waals surface area contributed by atoms with E-state index in [0.717, 1.165) is 12.0 Å². The zero-order chi connectivity index (χ0) is 14.8. The van der Waals surface area contributed by atoms with Crippen molar-refractivity contribution < 1.29 is 9.84 Å². The normalized spacial score (nSPS) is 13.7. The van der Waals surface area contributed by atoms with Gasteiger partial charge in [0.05, 0.1) is 19.3 Å². The van der Waals surface area contributed by atoms with Gasteiger partial charge in [0, 0.05) is 24.0 Å². The highest BCUT2D eigenvalue weighted by molar-refractivity contribution is 6.31. The van der Waals surface area contributed by atoms with Crippen LogP contribution in [-0.4, -0.2) is 30.4 Å². The molecule has 0 spiro atoms. The third kappa shape index (κ3) is 6.40. The molecule has 0 fully saturated rings. The molecule has 0 amide bonds. The zero-order valence-corrected chi connectivity index (χ0v) is 12.6. The van der Waals surface area contributed by atoms with Crippen LogP contribution in [0.3, 0.4) is 0 Å². The van der Waals surface area contributed by atoms with E-state index in [0.29, 0.717) is 24.6 Å². The number of nitrogens with one attached hydrogen (secondary N) is 1. The Kier molecular flexibility index (Phi) is 8.32. The molecule has 2 unspecified atom stereocenters. The number of aliphatic hydroxyl groups is 1. The molecule has 110 valence electrons. The molecule has 2 atom stereocenters. The number of hydrogen-bond donors (Lipinski definition) is 2. The Hall–Kier alpha value is -1.05. The largest absolute Gasteiger partial charge is 0.389 e. The first-order valence-electron chi connectivity index (χ1n) is 6.83. The summed E-state index contributed by atoms with van der Waals surface area (Å²) in [4.78, 5) is 0. The molecule has 0 saturated heterocycles. The van der Waals surface area contributed by atoms with Crippen LogP contribution >= 0.6 is 11.6 Å². The molecule has 0 aliphatic heterocycles. The van der Waals surface area contributed by atoms with E-state index in [1.54, 1.807) is 0 Å². The molecule has 3 nitrogen and oxygen atoms in total. The van der Waals surface area contributed by atoms with Gasteiger partial charge in [-0.25, -0.2) is 0 Å². The van der Waals surface area contributed by atoms with E-state index in [2.05, 4.69) is 18.2 Å². The highest BCUT2D eigenvalue weighted by Crippen LogP contribution is 2.15. The van der Waals surface area contributed by atoms with Crippen molar-refractivity contribution in [2.45, 2.75) is 38.5 Å². The van der Waals surface area contributed by atoms with Crippen molar-refractivity contribution in [2.24, 2.45) is 0 Å². The molecule has 0 aromatic heterocycles. The van der Waals surface area contributed by atoms with Gasteiger partial charge in [-0.3, -0.25) is 0 Å². The smallest absolute Gasteiger partial charge is 0.0897 e. The van der Waals surface area contributed by atoms with Crippen LogP contribution in [0.15, 0.2) is 24.3 Å². The third-order valence-corrected chi connectivity index (χ3v) is 3.39. The third-order valence-electron chi connectivity index (χ3n) is 3.02. The number of ether oxygens (including phenoxy) is 1. The molecule has 0 heterocycles. The summed E-state index contributed by atoms with van der Waals surface area (Å²) in [6, 6.07) is 7.77. The summed E-state index contributed by atoms with van der Waals surface area (Å²) in [5.74, 6) is 2.62. The minimum atomic E-state index is -0.552. The second kappa shape index (κ2) is 9.79. The molecule has 1 aromatic carbocycles. The fourth-order valence-corrected chi connectivity index (χ4v) is 1.98. The van der Waals surface area contributed by atoms with Gasteiger partial charge in [-0.1, -0.05) is 36.7 Å². The second-order valence-corrected chi connectivity index (χ2v) is 5.09. The van der Waals surface area contributed by atoms with Gasteiger partial charge in [0.2, 0.25) is 0 Å². The summed E-state index contributed by atoms with van der Waals surface area (Å²) in [5.41, 5.74) is 0.924. The van der Waals surface area contributed by atoms with E-state index >= 15 is 0 Å². The summed E-state index contributed by atoms with van der Waals surface area (Å²) in [7, 11) is 0. The molecule has 0 radical (unpaired) electrons. The number of benzene rings is 1. The Balaban J connectivity index is 2.22. The van der Waals surface area contributed by atoms with Gasteiger partial charge in [-0.2, -0.15) is 0 Å². The summed E-state index contributed by atoms with van der Waals surface area (Å²) >= 11 is 6.02. The highest BCUT2D eigenvalue weighted by Gasteiger charge is 2.09. The zero-order valence-electron chi connectivity index (χ0n) is 11.8. The van der Waals surface area contributed by atoms with E-state index in [1.807, 2.05) is 24.3 Å². The topological polar surface area (TPSA) is 41.5 Å². The Morgan fingerprint density at radius 1 is 1.45 bits per heavy atom. The number of hydrogen-bond acceptors (Lipinski definition) is 3. The van der Waals surface area contributed by atoms with E-state index in [1.165, 1.54) is 0 Å². The van der Waals surface area contributed by atoms with Gasteiger partial charge >= 0.3 is 0 Å². The van der Waals surface area contributed by atoms with Crippen molar-refractivity contribution in [3.8, 4) is 12.3 Å². The summed E-state index contributed by atoms with van der Waals surface area (Å²) in [6.07, 6.45) is 6.34. The number of aliphatic hydroxyl groups excluding tert-OH is 1. The summed E-state index contributed by atoms with van der Waals surface area (Å²) in [6.45, 7) is 3.21. The van der Waals surface area contributed by atoms with Crippen LogP contribution in [-0.2, 0) is 11.3 Å². The maximum atomic E-state index is 9.84. The van der Waals surface area contributed by atoms with Crippen molar-refractivity contribution in [1.82, 2.24) is 5.32 Å². The fraction of sp³-hybridized carbons (Fsp3) is 0.500. The van der Waals surface area contributed by atoms with Crippen LogP contribution < -0.4 is 5.32 Å². The Morgan fingerprint density at radius 3 is 2.85 bits per heavy atom. The molecular formula is C16H22ClNO2. The molecule has 4 heteroatoms. The minimum Gasteiger partial charge on any atom is -0.389 e. The lowest BCUT2D eigenvalue weighted by molar-refractivity contribution is 0.0276. The van der Waals surface area contributed by atoms with E-state index in [9.17, 15) is 5.11 Å². The number of terminal acetylenes is 1. The monoisotopic (exact) mass is 295 g/mol.